The summed E-state index contributed by atoms with van der Waals surface area (Å²) in [5.74, 6) is 1.07. The lowest BCUT2D eigenvalue weighted by atomic mass is 10.2. The van der Waals surface area contributed by atoms with Crippen LogP contribution < -0.4 is 0 Å². The fourth-order valence-electron chi connectivity index (χ4n) is 3.10. The van der Waals surface area contributed by atoms with Crippen LogP contribution in [-0.4, -0.2) is 40.7 Å². The predicted molar refractivity (Wildman–Crippen MR) is 84.4 cm³/mol. The molecular weight excluding hydrogens is 310 g/mol. The number of nitrogens with zero attached hydrogens (tertiary/aromatic N) is 3. The molecule has 2 aromatic heterocycles. The molecule has 24 heavy (non-hydrogen) atoms. The maximum Gasteiger partial charge on any atom is 0.290 e. The number of furan rings is 1. The van der Waals surface area contributed by atoms with Gasteiger partial charge in [0.05, 0.1) is 6.10 Å². The number of rotatable bonds is 3. The zero-order valence-electron chi connectivity index (χ0n) is 13.4. The van der Waals surface area contributed by atoms with E-state index < -0.39 is 0 Å². The minimum Gasteiger partial charge on any atom is -0.451 e. The molecule has 0 aliphatic carbocycles. The summed E-state index contributed by atoms with van der Waals surface area (Å²) < 4.78 is 16.4. The van der Waals surface area contributed by atoms with Crippen LogP contribution in [0.5, 0.6) is 0 Å². The lowest BCUT2D eigenvalue weighted by molar-refractivity contribution is 0.0642. The zero-order valence-corrected chi connectivity index (χ0v) is 13.4. The van der Waals surface area contributed by atoms with Crippen molar-refractivity contribution in [3.05, 3.63) is 47.8 Å². The summed E-state index contributed by atoms with van der Waals surface area (Å²) in [6.45, 7) is 2.21. The molecule has 7 heteroatoms. The number of carbonyl (C=O) groups is 1. The van der Waals surface area contributed by atoms with Gasteiger partial charge in [-0.2, -0.15) is 4.98 Å². The number of likely N-dealkylation sites (tertiary alicyclic amines) is 1. The van der Waals surface area contributed by atoms with Crippen molar-refractivity contribution >= 4 is 16.9 Å². The number of hydrogen-bond donors (Lipinski definition) is 0. The number of carbonyl (C=O) groups excluding carboxylic acids is 1. The van der Waals surface area contributed by atoms with Gasteiger partial charge in [0.25, 0.3) is 5.91 Å². The summed E-state index contributed by atoms with van der Waals surface area (Å²) in [5, 5.41) is 4.72. The van der Waals surface area contributed by atoms with Crippen LogP contribution in [0.15, 0.2) is 39.3 Å². The highest BCUT2D eigenvalue weighted by atomic mass is 16.5. The molecule has 1 aliphatic heterocycles. The number of aromatic nitrogens is 2. The molecule has 0 unspecified atom stereocenters. The highest BCUT2D eigenvalue weighted by molar-refractivity contribution is 5.96. The van der Waals surface area contributed by atoms with E-state index in [2.05, 4.69) is 10.1 Å². The Morgan fingerprint density at radius 1 is 1.38 bits per heavy atom. The Morgan fingerprint density at radius 3 is 2.92 bits per heavy atom. The number of benzene rings is 1. The van der Waals surface area contributed by atoms with Gasteiger partial charge >= 0.3 is 0 Å². The molecular formula is C17H17N3O4. The van der Waals surface area contributed by atoms with Gasteiger partial charge in [-0.25, -0.2) is 0 Å². The summed E-state index contributed by atoms with van der Waals surface area (Å²) in [6, 6.07) is 8.99. The molecule has 124 valence electrons. The summed E-state index contributed by atoms with van der Waals surface area (Å²) >= 11 is 0. The third kappa shape index (κ3) is 2.46. The molecule has 1 fully saturated rings. The Hall–Kier alpha value is -2.67. The fourth-order valence-corrected chi connectivity index (χ4v) is 3.10. The Kier molecular flexibility index (Phi) is 3.57. The van der Waals surface area contributed by atoms with Gasteiger partial charge in [0, 0.05) is 25.5 Å². The van der Waals surface area contributed by atoms with Gasteiger partial charge in [-0.3, -0.25) is 4.79 Å². The van der Waals surface area contributed by atoms with Crippen LogP contribution in [-0.2, 0) is 4.74 Å². The maximum absolute atomic E-state index is 13.0. The van der Waals surface area contributed by atoms with Gasteiger partial charge in [-0.15, -0.1) is 0 Å². The number of hydrogen-bond acceptors (Lipinski definition) is 6. The van der Waals surface area contributed by atoms with E-state index in [4.69, 9.17) is 13.7 Å². The second kappa shape index (κ2) is 5.76. The fraction of sp³-hybridized carbons (Fsp3) is 0.353. The van der Waals surface area contributed by atoms with Crippen molar-refractivity contribution in [2.45, 2.75) is 25.5 Å². The Labute approximate surface area is 138 Å². The quantitative estimate of drug-likeness (QED) is 0.736. The number of para-hydroxylation sites is 1. The van der Waals surface area contributed by atoms with Crippen LogP contribution in [0.3, 0.4) is 0 Å². The first kappa shape index (κ1) is 14.9. The number of aryl methyl sites for hydroxylation is 1. The van der Waals surface area contributed by atoms with E-state index in [0.717, 1.165) is 5.39 Å². The lowest BCUT2D eigenvalue weighted by Gasteiger charge is -2.20. The first-order valence-electron chi connectivity index (χ1n) is 7.78. The van der Waals surface area contributed by atoms with Crippen LogP contribution in [0.25, 0.3) is 11.0 Å². The van der Waals surface area contributed by atoms with E-state index in [1.54, 1.807) is 25.0 Å². The Morgan fingerprint density at radius 2 is 2.21 bits per heavy atom. The van der Waals surface area contributed by atoms with Gasteiger partial charge in [0.1, 0.15) is 11.6 Å². The predicted octanol–water partition coefficient (Wildman–Crippen LogP) is 2.73. The Balaban J connectivity index is 1.67. The molecule has 3 aromatic rings. The van der Waals surface area contributed by atoms with Crippen molar-refractivity contribution < 1.29 is 18.5 Å². The molecule has 3 heterocycles. The van der Waals surface area contributed by atoms with Crippen LogP contribution in [0.4, 0.5) is 0 Å². The van der Waals surface area contributed by atoms with Crippen LogP contribution in [0.1, 0.15) is 34.7 Å². The summed E-state index contributed by atoms with van der Waals surface area (Å²) in [5.41, 5.74) is 0.688. The van der Waals surface area contributed by atoms with Crippen molar-refractivity contribution in [3.8, 4) is 0 Å². The Bertz CT molecular complexity index is 852. The van der Waals surface area contributed by atoms with E-state index in [1.165, 1.54) is 0 Å². The second-order valence-electron chi connectivity index (χ2n) is 5.90. The lowest BCUT2D eigenvalue weighted by Crippen LogP contribution is -2.31. The van der Waals surface area contributed by atoms with Crippen LogP contribution >= 0.6 is 0 Å². The van der Waals surface area contributed by atoms with E-state index in [-0.39, 0.29) is 18.1 Å². The molecule has 1 saturated heterocycles. The van der Waals surface area contributed by atoms with Gasteiger partial charge in [-0.1, -0.05) is 23.4 Å². The monoisotopic (exact) mass is 327 g/mol. The first-order valence-corrected chi connectivity index (χ1v) is 7.78. The molecule has 0 radical (unpaired) electrons. The molecule has 0 saturated carbocycles. The average molecular weight is 327 g/mol. The second-order valence-corrected chi connectivity index (χ2v) is 5.90. The van der Waals surface area contributed by atoms with Gasteiger partial charge in [-0.05, 0) is 19.1 Å². The van der Waals surface area contributed by atoms with Crippen molar-refractivity contribution in [2.75, 3.05) is 13.7 Å². The average Bonchev–Trinajstić information content (AvgIpc) is 3.30. The zero-order chi connectivity index (χ0) is 16.7. The van der Waals surface area contributed by atoms with E-state index in [9.17, 15) is 4.79 Å². The third-order valence-electron chi connectivity index (χ3n) is 4.32. The van der Waals surface area contributed by atoms with E-state index >= 15 is 0 Å². The first-order chi connectivity index (χ1) is 11.7. The van der Waals surface area contributed by atoms with Crippen LogP contribution in [0.2, 0.25) is 0 Å². The number of ether oxygens (including phenoxy) is 1. The summed E-state index contributed by atoms with van der Waals surface area (Å²) in [6.07, 6.45) is 0.542. The molecule has 0 spiro atoms. The highest BCUT2D eigenvalue weighted by Crippen LogP contribution is 2.34. The molecule has 7 nitrogen and oxygen atoms in total. The van der Waals surface area contributed by atoms with Crippen molar-refractivity contribution in [1.29, 1.82) is 0 Å². The minimum absolute atomic E-state index is 0.0736. The number of methoxy groups -OCH3 is 1. The molecule has 4 rings (SSSR count). The van der Waals surface area contributed by atoms with Gasteiger partial charge in [0.15, 0.2) is 11.6 Å². The largest absolute Gasteiger partial charge is 0.451 e. The molecule has 1 aromatic carbocycles. The van der Waals surface area contributed by atoms with Crippen molar-refractivity contribution in [3.63, 3.8) is 0 Å². The van der Waals surface area contributed by atoms with Crippen LogP contribution in [0, 0.1) is 6.92 Å². The summed E-state index contributed by atoms with van der Waals surface area (Å²) in [7, 11) is 1.63. The topological polar surface area (TPSA) is 81.6 Å². The number of amides is 1. The van der Waals surface area contributed by atoms with Gasteiger partial charge < -0.3 is 18.6 Å². The smallest absolute Gasteiger partial charge is 0.290 e. The molecule has 1 amide bonds. The molecule has 1 aliphatic rings. The third-order valence-corrected chi connectivity index (χ3v) is 4.32. The maximum atomic E-state index is 13.0. The van der Waals surface area contributed by atoms with Crippen molar-refractivity contribution in [2.24, 2.45) is 0 Å². The normalized spacial score (nSPS) is 20.8. The molecule has 2 atom stereocenters. The minimum atomic E-state index is -0.308. The summed E-state index contributed by atoms with van der Waals surface area (Å²) in [4.78, 5) is 18.9. The van der Waals surface area contributed by atoms with Crippen molar-refractivity contribution in [1.82, 2.24) is 15.0 Å². The highest BCUT2D eigenvalue weighted by Gasteiger charge is 2.40. The molecule has 0 N–H and O–H groups in total. The number of fused-ring (bicyclic) bond motifs is 1. The standard InChI is InChI=1S/C17H17N3O4/c1-10-18-16(24-19-10)13-8-12(22-2)9-20(13)17(21)15-7-11-5-3-4-6-14(11)23-15/h3-7,12-13H,8-9H2,1-2H3/t12-,13-/m1/s1. The van der Waals surface area contributed by atoms with Gasteiger partial charge in [0.2, 0.25) is 5.89 Å². The molecule has 0 bridgehead atoms. The van der Waals surface area contributed by atoms with E-state index in [1.807, 2.05) is 24.3 Å². The van der Waals surface area contributed by atoms with E-state index in [0.29, 0.717) is 36.0 Å². The SMILES string of the molecule is CO[C@@H]1C[C@H](c2nc(C)no2)N(C(=O)c2cc3ccccc3o2)C1.